The number of halogens is 1. The predicted molar refractivity (Wildman–Crippen MR) is 79.0 cm³/mol. The quantitative estimate of drug-likeness (QED) is 0.844. The standard InChI is InChI=1S/C12H18BrNO2S2/c1-10-5-6-11(17-10)18(15,16)14-12(9-13)7-3-2-4-8-12/h5-6,14H,2-4,7-9H2,1H3. The number of alkyl halides is 1. The molecule has 0 bridgehead atoms. The maximum Gasteiger partial charge on any atom is 0.250 e. The van der Waals surface area contributed by atoms with Gasteiger partial charge < -0.3 is 0 Å². The van der Waals surface area contributed by atoms with E-state index >= 15 is 0 Å². The zero-order valence-electron chi connectivity index (χ0n) is 10.4. The van der Waals surface area contributed by atoms with Crippen LogP contribution in [0.4, 0.5) is 0 Å². The molecule has 0 aromatic carbocycles. The highest BCUT2D eigenvalue weighted by Gasteiger charge is 2.35. The van der Waals surface area contributed by atoms with Crippen LogP contribution in [-0.4, -0.2) is 19.3 Å². The van der Waals surface area contributed by atoms with Crippen LogP contribution in [0.15, 0.2) is 16.3 Å². The van der Waals surface area contributed by atoms with Crippen LogP contribution < -0.4 is 4.72 Å². The van der Waals surface area contributed by atoms with Gasteiger partial charge >= 0.3 is 0 Å². The summed E-state index contributed by atoms with van der Waals surface area (Å²) in [5.74, 6) is 0. The number of aryl methyl sites for hydroxylation is 1. The van der Waals surface area contributed by atoms with Crippen LogP contribution in [0.25, 0.3) is 0 Å². The molecule has 0 spiro atoms. The van der Waals surface area contributed by atoms with Crippen molar-refractivity contribution in [3.05, 3.63) is 17.0 Å². The van der Waals surface area contributed by atoms with Crippen molar-refractivity contribution in [2.75, 3.05) is 5.33 Å². The van der Waals surface area contributed by atoms with Gasteiger partial charge in [0.2, 0.25) is 0 Å². The zero-order valence-corrected chi connectivity index (χ0v) is 13.6. The Morgan fingerprint density at radius 3 is 2.50 bits per heavy atom. The summed E-state index contributed by atoms with van der Waals surface area (Å²) in [6.45, 7) is 1.92. The van der Waals surface area contributed by atoms with E-state index in [1.54, 1.807) is 6.07 Å². The summed E-state index contributed by atoms with van der Waals surface area (Å²) >= 11 is 4.80. The smallest absolute Gasteiger partial charge is 0.206 e. The van der Waals surface area contributed by atoms with E-state index in [9.17, 15) is 8.42 Å². The van der Waals surface area contributed by atoms with Crippen LogP contribution in [0, 0.1) is 6.92 Å². The van der Waals surface area contributed by atoms with E-state index < -0.39 is 10.0 Å². The molecule has 1 aromatic heterocycles. The first kappa shape index (κ1) is 14.5. The minimum absolute atomic E-state index is 0.297. The lowest BCUT2D eigenvalue weighted by atomic mass is 9.84. The van der Waals surface area contributed by atoms with Crippen molar-refractivity contribution in [1.82, 2.24) is 4.72 Å². The van der Waals surface area contributed by atoms with Gasteiger partial charge in [-0.05, 0) is 31.9 Å². The molecule has 1 N–H and O–H groups in total. The first-order valence-corrected chi connectivity index (χ1v) is 9.56. The van der Waals surface area contributed by atoms with Crippen LogP contribution in [0.5, 0.6) is 0 Å². The van der Waals surface area contributed by atoms with E-state index in [1.807, 2.05) is 13.0 Å². The van der Waals surface area contributed by atoms with E-state index in [-0.39, 0.29) is 5.54 Å². The highest BCUT2D eigenvalue weighted by Crippen LogP contribution is 2.32. The van der Waals surface area contributed by atoms with E-state index in [1.165, 1.54) is 17.8 Å². The van der Waals surface area contributed by atoms with Gasteiger partial charge in [0, 0.05) is 15.7 Å². The first-order valence-electron chi connectivity index (χ1n) is 6.14. The Balaban J connectivity index is 2.21. The van der Waals surface area contributed by atoms with Crippen molar-refractivity contribution < 1.29 is 8.42 Å². The Morgan fingerprint density at radius 1 is 1.33 bits per heavy atom. The number of sulfonamides is 1. The largest absolute Gasteiger partial charge is 0.250 e. The lowest BCUT2D eigenvalue weighted by molar-refractivity contribution is 0.301. The van der Waals surface area contributed by atoms with Crippen LogP contribution in [0.1, 0.15) is 37.0 Å². The lowest BCUT2D eigenvalue weighted by Crippen LogP contribution is -2.50. The van der Waals surface area contributed by atoms with Gasteiger partial charge in [-0.25, -0.2) is 13.1 Å². The Morgan fingerprint density at radius 2 is 2.00 bits per heavy atom. The van der Waals surface area contributed by atoms with E-state index in [0.717, 1.165) is 30.6 Å². The summed E-state index contributed by atoms with van der Waals surface area (Å²) in [4.78, 5) is 1.02. The molecule has 1 heterocycles. The van der Waals surface area contributed by atoms with Crippen LogP contribution in [0.3, 0.4) is 0 Å². The fraction of sp³-hybridized carbons (Fsp3) is 0.667. The number of rotatable bonds is 4. The minimum Gasteiger partial charge on any atom is -0.206 e. The fourth-order valence-electron chi connectivity index (χ4n) is 2.38. The van der Waals surface area contributed by atoms with Crippen molar-refractivity contribution >= 4 is 37.3 Å². The summed E-state index contributed by atoms with van der Waals surface area (Å²) in [6, 6.07) is 3.54. The summed E-state index contributed by atoms with van der Waals surface area (Å²) in [5, 5.41) is 0.684. The second-order valence-electron chi connectivity index (χ2n) is 4.95. The molecular weight excluding hydrogens is 334 g/mol. The highest BCUT2D eigenvalue weighted by atomic mass is 79.9. The van der Waals surface area contributed by atoms with Crippen LogP contribution in [0.2, 0.25) is 0 Å². The van der Waals surface area contributed by atoms with Gasteiger partial charge in [-0.1, -0.05) is 35.2 Å². The number of hydrogen-bond donors (Lipinski definition) is 1. The van der Waals surface area contributed by atoms with Gasteiger partial charge in [0.15, 0.2) is 0 Å². The third-order valence-corrected chi connectivity index (χ3v) is 7.54. The molecule has 18 heavy (non-hydrogen) atoms. The maximum atomic E-state index is 12.4. The normalized spacial score (nSPS) is 19.9. The molecule has 0 saturated heterocycles. The molecule has 1 saturated carbocycles. The molecule has 0 aliphatic heterocycles. The molecule has 0 amide bonds. The second kappa shape index (κ2) is 5.61. The summed E-state index contributed by atoms with van der Waals surface area (Å²) in [7, 11) is -3.37. The topological polar surface area (TPSA) is 46.2 Å². The Bertz CT molecular complexity index is 504. The van der Waals surface area contributed by atoms with Gasteiger partial charge in [0.05, 0.1) is 0 Å². The molecule has 1 aromatic rings. The van der Waals surface area contributed by atoms with Gasteiger partial charge in [-0.2, -0.15) is 0 Å². The Hall–Kier alpha value is 0.0900. The average molecular weight is 352 g/mol. The lowest BCUT2D eigenvalue weighted by Gasteiger charge is -2.36. The highest BCUT2D eigenvalue weighted by molar-refractivity contribution is 9.09. The third-order valence-electron chi connectivity index (χ3n) is 3.40. The average Bonchev–Trinajstić information content (AvgIpc) is 2.77. The van der Waals surface area contributed by atoms with Gasteiger partial charge in [-0.15, -0.1) is 11.3 Å². The van der Waals surface area contributed by atoms with Crippen molar-refractivity contribution in [3.8, 4) is 0 Å². The summed E-state index contributed by atoms with van der Waals surface area (Å²) in [5.41, 5.74) is -0.297. The molecule has 1 fully saturated rings. The molecule has 2 rings (SSSR count). The molecule has 0 unspecified atom stereocenters. The van der Waals surface area contributed by atoms with Crippen LogP contribution in [-0.2, 0) is 10.0 Å². The van der Waals surface area contributed by atoms with Crippen molar-refractivity contribution in [1.29, 1.82) is 0 Å². The maximum absolute atomic E-state index is 12.4. The number of thiophene rings is 1. The monoisotopic (exact) mass is 351 g/mol. The van der Waals surface area contributed by atoms with Gasteiger partial charge in [0.1, 0.15) is 4.21 Å². The molecule has 3 nitrogen and oxygen atoms in total. The molecule has 1 aliphatic rings. The Labute approximate surface area is 121 Å². The zero-order chi connectivity index (χ0) is 13.2. The van der Waals surface area contributed by atoms with E-state index in [4.69, 9.17) is 0 Å². The van der Waals surface area contributed by atoms with Crippen molar-refractivity contribution in [2.24, 2.45) is 0 Å². The fourth-order valence-corrected chi connectivity index (χ4v) is 6.01. The minimum atomic E-state index is -3.37. The van der Waals surface area contributed by atoms with E-state index in [0.29, 0.717) is 9.54 Å². The predicted octanol–water partition coefficient (Wildman–Crippen LogP) is 3.43. The first-order chi connectivity index (χ1) is 8.47. The molecule has 1 aliphatic carbocycles. The van der Waals surface area contributed by atoms with Gasteiger partial charge in [-0.3, -0.25) is 0 Å². The van der Waals surface area contributed by atoms with Crippen LogP contribution >= 0.6 is 27.3 Å². The second-order valence-corrected chi connectivity index (χ2v) is 8.70. The van der Waals surface area contributed by atoms with Gasteiger partial charge in [0.25, 0.3) is 10.0 Å². The molecule has 0 radical (unpaired) electrons. The molecule has 102 valence electrons. The number of hydrogen-bond acceptors (Lipinski definition) is 3. The molecule has 0 atom stereocenters. The summed E-state index contributed by atoms with van der Waals surface area (Å²) < 4.78 is 28.1. The van der Waals surface area contributed by atoms with Crippen molar-refractivity contribution in [2.45, 2.75) is 48.8 Å². The SMILES string of the molecule is Cc1ccc(S(=O)(=O)NC2(CBr)CCCCC2)s1. The van der Waals surface area contributed by atoms with Crippen molar-refractivity contribution in [3.63, 3.8) is 0 Å². The third kappa shape index (κ3) is 3.15. The molecular formula is C12H18BrNO2S2. The summed E-state index contributed by atoms with van der Waals surface area (Å²) in [6.07, 6.45) is 5.23. The molecule has 6 heteroatoms. The number of nitrogens with one attached hydrogen (secondary N) is 1. The Kier molecular flexibility index (Phi) is 4.52. The van der Waals surface area contributed by atoms with E-state index in [2.05, 4.69) is 20.7 Å².